The molecule has 0 bridgehead atoms. The third kappa shape index (κ3) is 5.08. The highest BCUT2D eigenvalue weighted by Gasteiger charge is 2.41. The molecule has 0 amide bonds. The zero-order valence-electron chi connectivity index (χ0n) is 21.0. The van der Waals surface area contributed by atoms with Gasteiger partial charge in [0.25, 0.3) is 0 Å². The number of furan rings is 1. The molecular weight excluding hydrogens is 424 g/mol. The summed E-state index contributed by atoms with van der Waals surface area (Å²) in [5.41, 5.74) is 6.99. The minimum atomic E-state index is -1.80. The van der Waals surface area contributed by atoms with Crippen molar-refractivity contribution in [2.24, 2.45) is 0 Å². The van der Waals surface area contributed by atoms with Crippen LogP contribution in [-0.2, 0) is 6.42 Å². The molecule has 0 saturated heterocycles. The Balaban J connectivity index is 2.05. The van der Waals surface area contributed by atoms with Gasteiger partial charge in [0.15, 0.2) is 0 Å². The number of aryl methyl sites for hydroxylation is 1. The van der Waals surface area contributed by atoms with E-state index >= 15 is 0 Å². The molecule has 1 aromatic carbocycles. The fourth-order valence-electron chi connectivity index (χ4n) is 5.31. The first kappa shape index (κ1) is 24.9. The molecule has 0 radical (unpaired) electrons. The lowest BCUT2D eigenvalue weighted by Crippen LogP contribution is -2.43. The van der Waals surface area contributed by atoms with Gasteiger partial charge in [0.05, 0.1) is 10.4 Å². The molecule has 0 fully saturated rings. The zero-order chi connectivity index (χ0) is 23.3. The van der Waals surface area contributed by atoms with E-state index in [2.05, 4.69) is 96.3 Å². The van der Waals surface area contributed by atoms with Crippen LogP contribution in [0.1, 0.15) is 85.5 Å². The average Bonchev–Trinajstić information content (AvgIpc) is 3.35. The van der Waals surface area contributed by atoms with Crippen LogP contribution in [0.15, 0.2) is 40.8 Å². The predicted molar refractivity (Wildman–Crippen MR) is 145 cm³/mol. The van der Waals surface area contributed by atoms with Crippen molar-refractivity contribution >= 4 is 29.5 Å². The van der Waals surface area contributed by atoms with Gasteiger partial charge < -0.3 is 4.42 Å². The Kier molecular flexibility index (Phi) is 8.47. The summed E-state index contributed by atoms with van der Waals surface area (Å²) in [7, 11) is -1.80. The summed E-state index contributed by atoms with van der Waals surface area (Å²) in [5, 5.41) is 1.26. The largest absolute Gasteiger partial charge is 0.460 e. The van der Waals surface area contributed by atoms with Crippen LogP contribution >= 0.6 is 11.3 Å². The van der Waals surface area contributed by atoms with Crippen molar-refractivity contribution in [3.8, 4) is 22.1 Å². The van der Waals surface area contributed by atoms with Gasteiger partial charge in [-0.1, -0.05) is 91.8 Å². The quantitative estimate of drug-likeness (QED) is 0.174. The van der Waals surface area contributed by atoms with Crippen molar-refractivity contribution in [1.29, 1.82) is 0 Å². The highest BCUT2D eigenvalue weighted by Crippen LogP contribution is 2.42. The number of fused-ring (bicyclic) bond motifs is 1. The molecule has 3 aromatic rings. The normalized spacial score (nSPS) is 12.2. The summed E-state index contributed by atoms with van der Waals surface area (Å²) in [6, 6.07) is 13.0. The summed E-state index contributed by atoms with van der Waals surface area (Å²) in [6.45, 7) is 16.5. The van der Waals surface area contributed by atoms with E-state index in [1.807, 2.05) is 11.3 Å². The molecule has 3 heteroatoms. The molecule has 0 unspecified atom stereocenters. The summed E-state index contributed by atoms with van der Waals surface area (Å²) >= 11 is 1.82. The zero-order valence-corrected chi connectivity index (χ0v) is 22.9. The highest BCUT2D eigenvalue weighted by molar-refractivity contribution is 7.22. The molecular formula is C29H40OSSi. The van der Waals surface area contributed by atoms with Crippen LogP contribution in [0.5, 0.6) is 0 Å². The van der Waals surface area contributed by atoms with Crippen molar-refractivity contribution in [1.82, 2.24) is 0 Å². The molecule has 1 nitrogen and oxygen atoms in total. The summed E-state index contributed by atoms with van der Waals surface area (Å²) in [4.78, 5) is 1.19. The maximum Gasteiger partial charge on any atom is 0.146 e. The summed E-state index contributed by atoms with van der Waals surface area (Å²) in [5.74, 6) is 5.83. The van der Waals surface area contributed by atoms with Crippen molar-refractivity contribution in [3.05, 3.63) is 47.7 Å². The van der Waals surface area contributed by atoms with Crippen LogP contribution in [0, 0.1) is 11.5 Å². The van der Waals surface area contributed by atoms with Gasteiger partial charge in [0, 0.05) is 16.5 Å². The Hall–Kier alpha value is -1.76. The van der Waals surface area contributed by atoms with E-state index in [0.717, 1.165) is 23.5 Å². The number of hydrogen-bond donors (Lipinski definition) is 0. The van der Waals surface area contributed by atoms with Crippen LogP contribution in [0.3, 0.4) is 0 Å². The maximum absolute atomic E-state index is 6.35. The second-order valence-corrected chi connectivity index (χ2v) is 16.7. The standard InChI is InChI=1S/C29H40OSSi/c1-8-9-10-11-14-24-17-18-27(30-24)29-26(25-15-12-13-16-28(25)31-29)19-20-32(21(2)3,22(4)5)23(6)7/h12-13,15-18,21-23H,8-11,14H2,1-7H3. The van der Waals surface area contributed by atoms with Gasteiger partial charge in [0.2, 0.25) is 0 Å². The Morgan fingerprint density at radius 2 is 1.56 bits per heavy atom. The molecule has 0 atom stereocenters. The van der Waals surface area contributed by atoms with Crippen molar-refractivity contribution in [2.45, 2.75) is 97.2 Å². The van der Waals surface area contributed by atoms with Gasteiger partial charge in [0.1, 0.15) is 19.6 Å². The van der Waals surface area contributed by atoms with E-state index in [9.17, 15) is 0 Å². The van der Waals surface area contributed by atoms with Gasteiger partial charge >= 0.3 is 0 Å². The smallest absolute Gasteiger partial charge is 0.146 e. The minimum absolute atomic E-state index is 0.627. The first-order chi connectivity index (χ1) is 15.3. The molecule has 3 rings (SSSR count). The number of hydrogen-bond acceptors (Lipinski definition) is 2. The molecule has 0 aliphatic rings. The van der Waals surface area contributed by atoms with Gasteiger partial charge in [-0.05, 0) is 41.2 Å². The molecule has 32 heavy (non-hydrogen) atoms. The second-order valence-electron chi connectivity index (χ2n) is 10.0. The van der Waals surface area contributed by atoms with E-state index in [4.69, 9.17) is 4.42 Å². The van der Waals surface area contributed by atoms with Gasteiger partial charge in [-0.25, -0.2) is 0 Å². The van der Waals surface area contributed by atoms with Crippen LogP contribution in [0.25, 0.3) is 20.7 Å². The molecule has 0 aliphatic carbocycles. The summed E-state index contributed by atoms with van der Waals surface area (Å²) < 4.78 is 7.64. The van der Waals surface area contributed by atoms with Gasteiger partial charge in [-0.3, -0.25) is 0 Å². The minimum Gasteiger partial charge on any atom is -0.460 e. The lowest BCUT2D eigenvalue weighted by atomic mass is 10.1. The molecule has 0 N–H and O–H groups in total. The summed E-state index contributed by atoms with van der Waals surface area (Å²) in [6.07, 6.45) is 6.07. The van der Waals surface area contributed by atoms with E-state index in [1.165, 1.54) is 40.6 Å². The number of unbranched alkanes of at least 4 members (excludes halogenated alkanes) is 3. The molecule has 0 spiro atoms. The fraction of sp³-hybridized carbons (Fsp3) is 0.517. The average molecular weight is 465 g/mol. The van der Waals surface area contributed by atoms with Crippen LogP contribution in [-0.4, -0.2) is 8.07 Å². The molecule has 0 aliphatic heterocycles. The van der Waals surface area contributed by atoms with Gasteiger partial charge in [-0.15, -0.1) is 16.9 Å². The van der Waals surface area contributed by atoms with E-state index in [-0.39, 0.29) is 0 Å². The van der Waals surface area contributed by atoms with Crippen molar-refractivity contribution < 1.29 is 4.42 Å². The van der Waals surface area contributed by atoms with Crippen molar-refractivity contribution in [2.75, 3.05) is 0 Å². The third-order valence-corrected chi connectivity index (χ3v) is 14.5. The second kappa shape index (κ2) is 10.9. The lowest BCUT2D eigenvalue weighted by molar-refractivity contribution is 0.506. The van der Waals surface area contributed by atoms with Crippen LogP contribution in [0.4, 0.5) is 0 Å². The third-order valence-electron chi connectivity index (χ3n) is 7.03. The predicted octanol–water partition coefficient (Wildman–Crippen LogP) is 9.85. The first-order valence-corrected chi connectivity index (χ1v) is 15.5. The molecule has 2 aromatic heterocycles. The Morgan fingerprint density at radius 1 is 0.875 bits per heavy atom. The van der Waals surface area contributed by atoms with Crippen molar-refractivity contribution in [3.63, 3.8) is 0 Å². The Morgan fingerprint density at radius 3 is 2.22 bits per heavy atom. The first-order valence-electron chi connectivity index (χ1n) is 12.4. The van der Waals surface area contributed by atoms with E-state index < -0.39 is 8.07 Å². The fourth-order valence-corrected chi connectivity index (χ4v) is 11.6. The molecule has 2 heterocycles. The lowest BCUT2D eigenvalue weighted by Gasteiger charge is -2.38. The number of rotatable bonds is 9. The number of benzene rings is 1. The van der Waals surface area contributed by atoms with Gasteiger partial charge in [-0.2, -0.15) is 0 Å². The maximum atomic E-state index is 6.35. The number of thiophene rings is 1. The SMILES string of the molecule is CCCCCCc1ccc(-c2sc3ccccc3c2C#C[Si](C(C)C)(C(C)C)C(C)C)o1. The Labute approximate surface area is 200 Å². The molecule has 172 valence electrons. The van der Waals surface area contributed by atoms with E-state index in [1.54, 1.807) is 0 Å². The monoisotopic (exact) mass is 464 g/mol. The topological polar surface area (TPSA) is 13.1 Å². The highest BCUT2D eigenvalue weighted by atomic mass is 32.1. The van der Waals surface area contributed by atoms with E-state index in [0.29, 0.717) is 16.6 Å². The van der Waals surface area contributed by atoms with Crippen LogP contribution < -0.4 is 0 Å². The van der Waals surface area contributed by atoms with Crippen LogP contribution in [0.2, 0.25) is 16.6 Å². The Bertz CT molecular complexity index is 1050. The molecule has 0 saturated carbocycles.